The van der Waals surface area contributed by atoms with Crippen molar-refractivity contribution in [2.24, 2.45) is 0 Å². The lowest BCUT2D eigenvalue weighted by molar-refractivity contribution is -0.274. The Labute approximate surface area is 141 Å². The first kappa shape index (κ1) is 16.8. The number of ether oxygens (including phenoxy) is 1. The third-order valence-electron chi connectivity index (χ3n) is 3.65. The highest BCUT2D eigenvalue weighted by molar-refractivity contribution is 5.95. The summed E-state index contributed by atoms with van der Waals surface area (Å²) < 4.78 is 42.0. The van der Waals surface area contributed by atoms with Crippen LogP contribution in [0.15, 0.2) is 54.9 Å². The van der Waals surface area contributed by atoms with Crippen LogP contribution in [0.25, 0.3) is 5.65 Å². The smallest absolute Gasteiger partial charge is 0.406 e. The van der Waals surface area contributed by atoms with Gasteiger partial charge >= 0.3 is 6.36 Å². The molecule has 1 atom stereocenters. The summed E-state index contributed by atoms with van der Waals surface area (Å²) in [7, 11) is 0. The Morgan fingerprint density at radius 1 is 1.20 bits per heavy atom. The maximum Gasteiger partial charge on any atom is 0.573 e. The molecule has 0 radical (unpaired) electrons. The number of nitrogens with zero attached hydrogens (tertiary/aromatic N) is 2. The van der Waals surface area contributed by atoms with Gasteiger partial charge in [-0.15, -0.1) is 13.2 Å². The number of carbonyl (C=O) groups is 1. The number of carbonyl (C=O) groups excluding carboxylic acids is 1. The van der Waals surface area contributed by atoms with Gasteiger partial charge in [0.1, 0.15) is 11.4 Å². The Morgan fingerprint density at radius 3 is 2.60 bits per heavy atom. The molecule has 2 heterocycles. The number of nitrogens with one attached hydrogen (secondary N) is 1. The van der Waals surface area contributed by atoms with E-state index in [9.17, 15) is 18.0 Å². The second-order valence-corrected chi connectivity index (χ2v) is 5.39. The average molecular weight is 349 g/mol. The molecule has 0 saturated carbocycles. The summed E-state index contributed by atoms with van der Waals surface area (Å²) in [6.45, 7) is 1.74. The molecule has 2 aromatic heterocycles. The van der Waals surface area contributed by atoms with Gasteiger partial charge in [-0.25, -0.2) is 4.98 Å². The van der Waals surface area contributed by atoms with E-state index in [0.717, 1.165) is 23.5 Å². The number of hydrogen-bond acceptors (Lipinski definition) is 3. The van der Waals surface area contributed by atoms with E-state index in [1.807, 2.05) is 22.6 Å². The first-order chi connectivity index (χ1) is 11.8. The third-order valence-corrected chi connectivity index (χ3v) is 3.65. The number of halogens is 3. The molecule has 1 aromatic carbocycles. The van der Waals surface area contributed by atoms with Crippen molar-refractivity contribution in [2.45, 2.75) is 19.2 Å². The number of pyridine rings is 1. The molecule has 0 aliphatic carbocycles. The van der Waals surface area contributed by atoms with Crippen molar-refractivity contribution in [3.05, 3.63) is 60.6 Å². The highest BCUT2D eigenvalue weighted by Crippen LogP contribution is 2.25. The standard InChI is InChI=1S/C17H14F3N3O2/c1-11(14-3-2-4-15-21-9-10-23(14)15)16(24)22-12-5-7-13(8-6-12)25-17(18,19)20/h2-11H,1H3,(H,22,24)/t11-/m0/s1. The van der Waals surface area contributed by atoms with E-state index in [2.05, 4.69) is 15.0 Å². The SMILES string of the molecule is C[C@H](C(=O)Nc1ccc(OC(F)(F)F)cc1)c1cccc2nccn12. The van der Waals surface area contributed by atoms with Crippen molar-refractivity contribution in [1.29, 1.82) is 0 Å². The van der Waals surface area contributed by atoms with Gasteiger partial charge in [0.25, 0.3) is 0 Å². The first-order valence-corrected chi connectivity index (χ1v) is 7.42. The number of anilines is 1. The maximum atomic E-state index is 12.4. The van der Waals surface area contributed by atoms with Gasteiger partial charge in [0.15, 0.2) is 0 Å². The van der Waals surface area contributed by atoms with Crippen LogP contribution in [0.2, 0.25) is 0 Å². The fraction of sp³-hybridized carbons (Fsp3) is 0.176. The lowest BCUT2D eigenvalue weighted by atomic mass is 10.1. The van der Waals surface area contributed by atoms with Crippen LogP contribution < -0.4 is 10.1 Å². The molecule has 0 bridgehead atoms. The van der Waals surface area contributed by atoms with Crippen molar-refractivity contribution in [1.82, 2.24) is 9.38 Å². The maximum absolute atomic E-state index is 12.4. The molecule has 0 spiro atoms. The molecule has 3 rings (SSSR count). The van der Waals surface area contributed by atoms with E-state index in [4.69, 9.17) is 0 Å². The largest absolute Gasteiger partial charge is 0.573 e. The van der Waals surface area contributed by atoms with Gasteiger partial charge in [-0.05, 0) is 43.3 Å². The molecule has 1 amide bonds. The molecule has 0 aliphatic rings. The van der Waals surface area contributed by atoms with E-state index in [1.54, 1.807) is 19.3 Å². The Morgan fingerprint density at radius 2 is 1.92 bits per heavy atom. The Balaban J connectivity index is 1.72. The van der Waals surface area contributed by atoms with Crippen LogP contribution in [-0.2, 0) is 4.79 Å². The predicted molar refractivity (Wildman–Crippen MR) is 85.4 cm³/mol. The number of alkyl halides is 3. The van der Waals surface area contributed by atoms with E-state index in [0.29, 0.717) is 5.69 Å². The Hall–Kier alpha value is -3.03. The molecule has 5 nitrogen and oxygen atoms in total. The minimum absolute atomic E-state index is 0.286. The molecule has 0 aliphatic heterocycles. The van der Waals surface area contributed by atoms with Crippen LogP contribution >= 0.6 is 0 Å². The van der Waals surface area contributed by atoms with Gasteiger partial charge in [0.05, 0.1) is 5.92 Å². The van der Waals surface area contributed by atoms with Crippen LogP contribution in [0.5, 0.6) is 5.75 Å². The van der Waals surface area contributed by atoms with Gasteiger partial charge in [0, 0.05) is 23.8 Å². The quantitative estimate of drug-likeness (QED) is 0.775. The van der Waals surface area contributed by atoms with E-state index < -0.39 is 12.3 Å². The summed E-state index contributed by atoms with van der Waals surface area (Å²) in [5.41, 5.74) is 1.86. The van der Waals surface area contributed by atoms with Crippen LogP contribution in [0.4, 0.5) is 18.9 Å². The Kier molecular flexibility index (Phi) is 4.35. The van der Waals surface area contributed by atoms with Gasteiger partial charge < -0.3 is 14.5 Å². The van der Waals surface area contributed by atoms with Crippen LogP contribution in [0, 0.1) is 0 Å². The number of aromatic nitrogens is 2. The van der Waals surface area contributed by atoms with E-state index in [1.165, 1.54) is 12.1 Å². The molecule has 8 heteroatoms. The van der Waals surface area contributed by atoms with Gasteiger partial charge in [-0.1, -0.05) is 6.07 Å². The second kappa shape index (κ2) is 6.46. The zero-order chi connectivity index (χ0) is 18.0. The molecule has 0 fully saturated rings. The summed E-state index contributed by atoms with van der Waals surface area (Å²) in [6, 6.07) is 10.4. The molecular formula is C17H14F3N3O2. The zero-order valence-corrected chi connectivity index (χ0v) is 13.1. The number of fused-ring (bicyclic) bond motifs is 1. The fourth-order valence-electron chi connectivity index (χ4n) is 2.45. The van der Waals surface area contributed by atoms with Gasteiger partial charge in [-0.3, -0.25) is 4.79 Å². The van der Waals surface area contributed by atoms with E-state index >= 15 is 0 Å². The summed E-state index contributed by atoms with van der Waals surface area (Å²) in [6.07, 6.45) is -1.34. The highest BCUT2D eigenvalue weighted by Gasteiger charge is 2.31. The summed E-state index contributed by atoms with van der Waals surface area (Å²) in [5.74, 6) is -1.11. The highest BCUT2D eigenvalue weighted by atomic mass is 19.4. The molecule has 3 aromatic rings. The van der Waals surface area contributed by atoms with Gasteiger partial charge in [0.2, 0.25) is 5.91 Å². The minimum atomic E-state index is -4.75. The van der Waals surface area contributed by atoms with Crippen molar-refractivity contribution in [2.75, 3.05) is 5.32 Å². The number of imidazole rings is 1. The lowest BCUT2D eigenvalue weighted by Gasteiger charge is -2.15. The van der Waals surface area contributed by atoms with Crippen LogP contribution in [0.3, 0.4) is 0 Å². The first-order valence-electron chi connectivity index (χ1n) is 7.42. The summed E-state index contributed by atoms with van der Waals surface area (Å²) in [4.78, 5) is 16.6. The molecule has 25 heavy (non-hydrogen) atoms. The number of amides is 1. The van der Waals surface area contributed by atoms with Crippen molar-refractivity contribution in [3.63, 3.8) is 0 Å². The Bertz CT molecular complexity index is 888. The molecule has 1 N–H and O–H groups in total. The lowest BCUT2D eigenvalue weighted by Crippen LogP contribution is -2.20. The molecular weight excluding hydrogens is 335 g/mol. The molecule has 130 valence electrons. The number of rotatable bonds is 4. The van der Waals surface area contributed by atoms with E-state index in [-0.39, 0.29) is 11.7 Å². The molecule has 0 unspecified atom stereocenters. The summed E-state index contributed by atoms with van der Waals surface area (Å²) >= 11 is 0. The van der Waals surface area contributed by atoms with Crippen molar-refractivity contribution in [3.8, 4) is 5.75 Å². The monoisotopic (exact) mass is 349 g/mol. The van der Waals surface area contributed by atoms with Crippen molar-refractivity contribution >= 4 is 17.2 Å². The topological polar surface area (TPSA) is 55.6 Å². The summed E-state index contributed by atoms with van der Waals surface area (Å²) in [5, 5.41) is 2.68. The fourth-order valence-corrected chi connectivity index (χ4v) is 2.45. The van der Waals surface area contributed by atoms with Gasteiger partial charge in [-0.2, -0.15) is 0 Å². The average Bonchev–Trinajstić information content (AvgIpc) is 3.03. The number of hydrogen-bond donors (Lipinski definition) is 1. The molecule has 0 saturated heterocycles. The van der Waals surface area contributed by atoms with Crippen molar-refractivity contribution < 1.29 is 22.7 Å². The van der Waals surface area contributed by atoms with Crippen LogP contribution in [-0.4, -0.2) is 21.7 Å². The second-order valence-electron chi connectivity index (χ2n) is 5.39. The number of benzene rings is 1. The van der Waals surface area contributed by atoms with Crippen LogP contribution in [0.1, 0.15) is 18.5 Å². The zero-order valence-electron chi connectivity index (χ0n) is 13.1. The third kappa shape index (κ3) is 3.90. The normalized spacial score (nSPS) is 12.8. The minimum Gasteiger partial charge on any atom is -0.406 e. The predicted octanol–water partition coefficient (Wildman–Crippen LogP) is 3.98.